The molecule has 0 unspecified atom stereocenters. The molecule has 1 amide bonds. The highest BCUT2D eigenvalue weighted by atomic mass is 16.3. The van der Waals surface area contributed by atoms with E-state index in [9.17, 15) is 4.79 Å². The van der Waals surface area contributed by atoms with E-state index >= 15 is 0 Å². The molecule has 0 saturated heterocycles. The van der Waals surface area contributed by atoms with Gasteiger partial charge in [-0.3, -0.25) is 4.79 Å². The van der Waals surface area contributed by atoms with E-state index in [-0.39, 0.29) is 23.8 Å². The Morgan fingerprint density at radius 2 is 1.80 bits per heavy atom. The van der Waals surface area contributed by atoms with Crippen molar-refractivity contribution in [2.75, 3.05) is 13.2 Å². The minimum atomic E-state index is 0.00327. The molecule has 92 valence electrons. The lowest BCUT2D eigenvalue weighted by molar-refractivity contribution is -0.127. The van der Waals surface area contributed by atoms with Crippen molar-refractivity contribution in [3.05, 3.63) is 0 Å². The Kier molecular flexibility index (Phi) is 9.79. The number of amides is 1. The van der Waals surface area contributed by atoms with E-state index in [0.717, 1.165) is 0 Å². The van der Waals surface area contributed by atoms with Gasteiger partial charge in [-0.2, -0.15) is 0 Å². The minimum Gasteiger partial charge on any atom is -0.396 e. The minimum absolute atomic E-state index is 0.00327. The summed E-state index contributed by atoms with van der Waals surface area (Å²) in [5.41, 5.74) is 0.00327. The third-order valence-electron chi connectivity index (χ3n) is 2.33. The van der Waals surface area contributed by atoms with Gasteiger partial charge < -0.3 is 10.4 Å². The summed E-state index contributed by atoms with van der Waals surface area (Å²) in [5, 5.41) is 11.3. The van der Waals surface area contributed by atoms with Crippen LogP contribution in [0.1, 0.15) is 48.0 Å². The Morgan fingerprint density at radius 1 is 1.33 bits per heavy atom. The van der Waals surface area contributed by atoms with Crippen LogP contribution < -0.4 is 5.32 Å². The van der Waals surface area contributed by atoms with Crippen LogP contribution in [0.15, 0.2) is 0 Å². The van der Waals surface area contributed by atoms with Crippen molar-refractivity contribution in [1.29, 1.82) is 0 Å². The van der Waals surface area contributed by atoms with Gasteiger partial charge >= 0.3 is 0 Å². The molecule has 3 nitrogen and oxygen atoms in total. The Morgan fingerprint density at radius 3 is 2.13 bits per heavy atom. The molecule has 0 aromatic heterocycles. The van der Waals surface area contributed by atoms with Crippen molar-refractivity contribution in [3.63, 3.8) is 0 Å². The van der Waals surface area contributed by atoms with Crippen molar-refractivity contribution in [2.24, 2.45) is 11.3 Å². The molecule has 1 atom stereocenters. The summed E-state index contributed by atoms with van der Waals surface area (Å²) in [6, 6.07) is 0. The summed E-state index contributed by atoms with van der Waals surface area (Å²) in [6.45, 7) is 12.8. The second-order valence-corrected chi connectivity index (χ2v) is 4.46. The molecular weight excluding hydrogens is 190 g/mol. The molecule has 0 bridgehead atoms. The van der Waals surface area contributed by atoms with Gasteiger partial charge in [0.15, 0.2) is 0 Å². The molecule has 3 heteroatoms. The van der Waals surface area contributed by atoms with Gasteiger partial charge in [0.1, 0.15) is 0 Å². The van der Waals surface area contributed by atoms with Crippen LogP contribution >= 0.6 is 0 Å². The van der Waals surface area contributed by atoms with Crippen molar-refractivity contribution in [2.45, 2.75) is 48.0 Å². The molecule has 2 N–H and O–H groups in total. The number of rotatable bonds is 4. The van der Waals surface area contributed by atoms with Crippen LogP contribution in [-0.4, -0.2) is 24.2 Å². The molecule has 0 aliphatic carbocycles. The predicted molar refractivity (Wildman–Crippen MR) is 64.7 cm³/mol. The highest BCUT2D eigenvalue weighted by Gasteiger charge is 2.26. The molecule has 0 saturated carbocycles. The molecule has 0 radical (unpaired) electrons. The first-order valence-corrected chi connectivity index (χ1v) is 5.78. The van der Waals surface area contributed by atoms with Crippen molar-refractivity contribution >= 4 is 5.91 Å². The largest absolute Gasteiger partial charge is 0.396 e. The second-order valence-electron chi connectivity index (χ2n) is 4.46. The van der Waals surface area contributed by atoms with E-state index in [1.54, 1.807) is 0 Å². The number of carbonyl (C=O) groups excluding carboxylic acids is 1. The number of nitrogens with one attached hydrogen (secondary N) is 1. The van der Waals surface area contributed by atoms with Crippen LogP contribution in [0, 0.1) is 11.3 Å². The van der Waals surface area contributed by atoms with E-state index in [0.29, 0.717) is 13.0 Å². The lowest BCUT2D eigenvalue weighted by atomic mass is 9.81. The summed E-state index contributed by atoms with van der Waals surface area (Å²) >= 11 is 0. The standard InChI is InChI=1S/C10H21NO2.C2H6/c1-8(10(2,3)4)9(13)11-6-5-7-12;1-2/h8,12H,5-7H2,1-4H3,(H,11,13);1-2H3/t8-;/m1./s1. The molecule has 0 aromatic carbocycles. The zero-order valence-electron chi connectivity index (χ0n) is 11.1. The molecule has 0 aliphatic rings. The summed E-state index contributed by atoms with van der Waals surface area (Å²) in [5.74, 6) is 0.0761. The maximum Gasteiger partial charge on any atom is 0.223 e. The molecule has 0 aromatic rings. The van der Waals surface area contributed by atoms with Gasteiger partial charge in [0.2, 0.25) is 5.91 Å². The highest BCUT2D eigenvalue weighted by Crippen LogP contribution is 2.24. The van der Waals surface area contributed by atoms with E-state index < -0.39 is 0 Å². The Bertz CT molecular complexity index is 161. The summed E-state index contributed by atoms with van der Waals surface area (Å²) < 4.78 is 0. The normalized spacial score (nSPS) is 12.5. The maximum absolute atomic E-state index is 11.5. The molecular formula is C12H27NO2. The van der Waals surface area contributed by atoms with E-state index in [1.165, 1.54) is 0 Å². The summed E-state index contributed by atoms with van der Waals surface area (Å²) in [6.07, 6.45) is 0.628. The van der Waals surface area contributed by atoms with Crippen LogP contribution in [0.4, 0.5) is 0 Å². The summed E-state index contributed by atoms with van der Waals surface area (Å²) in [7, 11) is 0. The third kappa shape index (κ3) is 8.43. The molecule has 0 rings (SSSR count). The highest BCUT2D eigenvalue weighted by molar-refractivity contribution is 5.78. The van der Waals surface area contributed by atoms with E-state index in [2.05, 4.69) is 5.32 Å². The predicted octanol–water partition coefficient (Wildman–Crippen LogP) is 2.19. The zero-order chi connectivity index (χ0) is 12.5. The van der Waals surface area contributed by atoms with Crippen molar-refractivity contribution in [3.8, 4) is 0 Å². The molecule has 0 heterocycles. The number of carbonyl (C=O) groups is 1. The number of hydrogen-bond acceptors (Lipinski definition) is 2. The van der Waals surface area contributed by atoms with Crippen molar-refractivity contribution < 1.29 is 9.90 Å². The smallest absolute Gasteiger partial charge is 0.223 e. The van der Waals surface area contributed by atoms with Crippen molar-refractivity contribution in [1.82, 2.24) is 5.32 Å². The first kappa shape index (κ1) is 16.8. The average Bonchev–Trinajstić information content (AvgIpc) is 2.18. The fraction of sp³-hybridized carbons (Fsp3) is 0.917. The molecule has 0 spiro atoms. The van der Waals surface area contributed by atoms with Gasteiger partial charge in [-0.05, 0) is 11.8 Å². The van der Waals surface area contributed by atoms with E-state index in [4.69, 9.17) is 5.11 Å². The fourth-order valence-corrected chi connectivity index (χ4v) is 0.837. The Hall–Kier alpha value is -0.570. The molecule has 0 fully saturated rings. The number of hydrogen-bond donors (Lipinski definition) is 2. The van der Waals surface area contributed by atoms with Gasteiger partial charge in [-0.15, -0.1) is 0 Å². The summed E-state index contributed by atoms with van der Waals surface area (Å²) in [4.78, 5) is 11.5. The van der Waals surface area contributed by atoms with Crippen LogP contribution in [0.25, 0.3) is 0 Å². The quantitative estimate of drug-likeness (QED) is 0.709. The monoisotopic (exact) mass is 217 g/mol. The fourth-order valence-electron chi connectivity index (χ4n) is 0.837. The van der Waals surface area contributed by atoms with Gasteiger partial charge in [-0.25, -0.2) is 0 Å². The molecule has 15 heavy (non-hydrogen) atoms. The van der Waals surface area contributed by atoms with Gasteiger partial charge in [0.25, 0.3) is 0 Å². The van der Waals surface area contributed by atoms with Crippen LogP contribution in [0.5, 0.6) is 0 Å². The van der Waals surface area contributed by atoms with Crippen LogP contribution in [0.3, 0.4) is 0 Å². The maximum atomic E-state index is 11.5. The number of aliphatic hydroxyl groups excluding tert-OH is 1. The van der Waals surface area contributed by atoms with Gasteiger partial charge in [-0.1, -0.05) is 41.5 Å². The molecule has 0 aliphatic heterocycles. The lowest BCUT2D eigenvalue weighted by Gasteiger charge is -2.25. The second kappa shape index (κ2) is 8.72. The Balaban J connectivity index is 0. The lowest BCUT2D eigenvalue weighted by Crippen LogP contribution is -2.36. The van der Waals surface area contributed by atoms with Crippen LogP contribution in [-0.2, 0) is 4.79 Å². The first-order valence-electron chi connectivity index (χ1n) is 5.78. The first-order chi connectivity index (χ1) is 6.89. The van der Waals surface area contributed by atoms with Gasteiger partial charge in [0, 0.05) is 19.1 Å². The number of aliphatic hydroxyl groups is 1. The van der Waals surface area contributed by atoms with Gasteiger partial charge in [0.05, 0.1) is 0 Å². The topological polar surface area (TPSA) is 49.3 Å². The SMILES string of the molecule is CC.C[C@H](C(=O)NCCCO)C(C)(C)C. The average molecular weight is 217 g/mol. The zero-order valence-corrected chi connectivity index (χ0v) is 11.1. The van der Waals surface area contributed by atoms with E-state index in [1.807, 2.05) is 41.5 Å². The van der Waals surface area contributed by atoms with Crippen LogP contribution in [0.2, 0.25) is 0 Å². The third-order valence-corrected chi connectivity index (χ3v) is 2.33. The Labute approximate surface area is 94.3 Å².